The molecule has 3 rings (SSSR count). The third-order valence-electron chi connectivity index (χ3n) is 3.60. The van der Waals surface area contributed by atoms with Crippen molar-refractivity contribution in [3.05, 3.63) is 35.7 Å². The maximum Gasteiger partial charge on any atom is 0.269 e. The Kier molecular flexibility index (Phi) is 3.76. The number of aromatic amines is 1. The first-order chi connectivity index (χ1) is 10.5. The summed E-state index contributed by atoms with van der Waals surface area (Å²) >= 11 is 0. The molecule has 0 bridgehead atoms. The van der Waals surface area contributed by atoms with Gasteiger partial charge in [0.2, 0.25) is 5.95 Å². The zero-order valence-corrected chi connectivity index (χ0v) is 12.4. The summed E-state index contributed by atoms with van der Waals surface area (Å²) in [7, 11) is 0. The van der Waals surface area contributed by atoms with Crippen LogP contribution in [-0.4, -0.2) is 56.2 Å². The van der Waals surface area contributed by atoms with E-state index in [-0.39, 0.29) is 11.9 Å². The van der Waals surface area contributed by atoms with Gasteiger partial charge in [0.25, 0.3) is 5.91 Å². The van der Waals surface area contributed by atoms with Gasteiger partial charge in [-0.15, -0.1) is 0 Å². The highest BCUT2D eigenvalue weighted by Crippen LogP contribution is 2.18. The standard InChI is InChI=1S/C14H18N6O2/c1-8-3-9(2)18-14(17-8)20-5-11(12(21)6-20)19-13(22)10-4-15-7-16-10/h3-4,7,11-12,21H,5-6H2,1-2H3,(H,15,16)(H,19,22)/t11-,12-/m1/s1. The van der Waals surface area contributed by atoms with Gasteiger partial charge in [-0.3, -0.25) is 4.79 Å². The van der Waals surface area contributed by atoms with Crippen molar-refractivity contribution < 1.29 is 9.90 Å². The number of aliphatic hydroxyl groups excluding tert-OH is 1. The van der Waals surface area contributed by atoms with Gasteiger partial charge in [0, 0.05) is 24.5 Å². The van der Waals surface area contributed by atoms with Gasteiger partial charge in [-0.25, -0.2) is 15.0 Å². The Labute approximate surface area is 127 Å². The second-order valence-electron chi connectivity index (χ2n) is 5.47. The predicted molar refractivity (Wildman–Crippen MR) is 79.6 cm³/mol. The highest BCUT2D eigenvalue weighted by molar-refractivity contribution is 5.92. The number of anilines is 1. The van der Waals surface area contributed by atoms with E-state index in [1.54, 1.807) is 0 Å². The Morgan fingerprint density at radius 3 is 2.73 bits per heavy atom. The zero-order chi connectivity index (χ0) is 15.7. The minimum atomic E-state index is -0.670. The summed E-state index contributed by atoms with van der Waals surface area (Å²) in [5, 5.41) is 13.0. The van der Waals surface area contributed by atoms with Gasteiger partial charge in [0.05, 0.1) is 24.7 Å². The Bertz CT molecular complexity index is 652. The molecule has 1 amide bonds. The maximum absolute atomic E-state index is 12.0. The molecule has 0 spiro atoms. The summed E-state index contributed by atoms with van der Waals surface area (Å²) in [4.78, 5) is 29.2. The molecule has 22 heavy (non-hydrogen) atoms. The van der Waals surface area contributed by atoms with E-state index in [1.165, 1.54) is 12.5 Å². The lowest BCUT2D eigenvalue weighted by atomic mass is 10.2. The van der Waals surface area contributed by atoms with Crippen molar-refractivity contribution in [2.45, 2.75) is 26.0 Å². The van der Waals surface area contributed by atoms with Crippen LogP contribution in [-0.2, 0) is 0 Å². The van der Waals surface area contributed by atoms with E-state index in [4.69, 9.17) is 0 Å². The number of imidazole rings is 1. The highest BCUT2D eigenvalue weighted by atomic mass is 16.3. The van der Waals surface area contributed by atoms with E-state index in [9.17, 15) is 9.90 Å². The number of rotatable bonds is 3. The second-order valence-corrected chi connectivity index (χ2v) is 5.47. The Morgan fingerprint density at radius 2 is 2.09 bits per heavy atom. The molecule has 0 radical (unpaired) electrons. The second kappa shape index (κ2) is 5.72. The van der Waals surface area contributed by atoms with Crippen molar-refractivity contribution >= 4 is 11.9 Å². The number of nitrogens with zero attached hydrogens (tertiary/aromatic N) is 4. The third kappa shape index (κ3) is 2.91. The number of hydrogen-bond acceptors (Lipinski definition) is 6. The van der Waals surface area contributed by atoms with Crippen molar-refractivity contribution in [1.82, 2.24) is 25.3 Å². The lowest BCUT2D eigenvalue weighted by molar-refractivity contribution is 0.0884. The topological polar surface area (TPSA) is 107 Å². The molecule has 8 heteroatoms. The summed E-state index contributed by atoms with van der Waals surface area (Å²) in [5.74, 6) is 0.291. The molecule has 2 atom stereocenters. The van der Waals surface area contributed by atoms with Gasteiger partial charge < -0.3 is 20.3 Å². The number of aliphatic hydroxyl groups is 1. The summed E-state index contributed by atoms with van der Waals surface area (Å²) in [6.07, 6.45) is 2.22. The molecular formula is C14H18N6O2. The molecule has 8 nitrogen and oxygen atoms in total. The van der Waals surface area contributed by atoms with E-state index < -0.39 is 6.10 Å². The van der Waals surface area contributed by atoms with E-state index in [2.05, 4.69) is 25.3 Å². The van der Waals surface area contributed by atoms with Crippen LogP contribution in [0.2, 0.25) is 0 Å². The van der Waals surface area contributed by atoms with E-state index in [0.717, 1.165) is 11.4 Å². The average Bonchev–Trinajstić information content (AvgIpc) is 3.08. The first-order valence-electron chi connectivity index (χ1n) is 7.07. The van der Waals surface area contributed by atoms with Crippen molar-refractivity contribution in [3.8, 4) is 0 Å². The number of carbonyl (C=O) groups is 1. The molecule has 3 N–H and O–H groups in total. The van der Waals surface area contributed by atoms with Crippen LogP contribution in [0.5, 0.6) is 0 Å². The van der Waals surface area contributed by atoms with Crippen LogP contribution >= 0.6 is 0 Å². The molecule has 1 aliphatic heterocycles. The number of aryl methyl sites for hydroxylation is 2. The number of aromatic nitrogens is 4. The third-order valence-corrected chi connectivity index (χ3v) is 3.60. The Morgan fingerprint density at radius 1 is 1.36 bits per heavy atom. The fourth-order valence-electron chi connectivity index (χ4n) is 2.57. The van der Waals surface area contributed by atoms with Crippen LogP contribution in [0.15, 0.2) is 18.6 Å². The van der Waals surface area contributed by atoms with E-state index >= 15 is 0 Å². The normalized spacial score (nSPS) is 21.1. The molecule has 1 fully saturated rings. The maximum atomic E-state index is 12.0. The number of amides is 1. The first kappa shape index (κ1) is 14.5. The molecule has 0 unspecified atom stereocenters. The zero-order valence-electron chi connectivity index (χ0n) is 12.4. The largest absolute Gasteiger partial charge is 0.389 e. The predicted octanol–water partition coefficient (Wildman–Crippen LogP) is -0.204. The Hall–Kier alpha value is -2.48. The van der Waals surface area contributed by atoms with Gasteiger partial charge in [0.1, 0.15) is 5.69 Å². The van der Waals surface area contributed by atoms with Crippen LogP contribution in [0.25, 0.3) is 0 Å². The first-order valence-corrected chi connectivity index (χ1v) is 7.07. The smallest absolute Gasteiger partial charge is 0.269 e. The van der Waals surface area contributed by atoms with Gasteiger partial charge in [-0.05, 0) is 19.9 Å². The number of H-pyrrole nitrogens is 1. The fourth-order valence-corrected chi connectivity index (χ4v) is 2.57. The minimum Gasteiger partial charge on any atom is -0.389 e. The Balaban J connectivity index is 1.70. The number of nitrogens with one attached hydrogen (secondary N) is 2. The SMILES string of the molecule is Cc1cc(C)nc(N2C[C@@H](O)[C@H](NC(=O)c3cnc[nH]3)C2)n1. The van der Waals surface area contributed by atoms with Crippen LogP contribution < -0.4 is 10.2 Å². The van der Waals surface area contributed by atoms with Crippen LogP contribution in [0.4, 0.5) is 5.95 Å². The van der Waals surface area contributed by atoms with Gasteiger partial charge in [-0.2, -0.15) is 0 Å². The van der Waals surface area contributed by atoms with Crippen molar-refractivity contribution in [3.63, 3.8) is 0 Å². The average molecular weight is 302 g/mol. The monoisotopic (exact) mass is 302 g/mol. The lowest BCUT2D eigenvalue weighted by Crippen LogP contribution is -2.43. The van der Waals surface area contributed by atoms with E-state index in [0.29, 0.717) is 24.7 Å². The molecule has 1 saturated heterocycles. The van der Waals surface area contributed by atoms with Crippen molar-refractivity contribution in [1.29, 1.82) is 0 Å². The summed E-state index contributed by atoms with van der Waals surface area (Å²) in [6.45, 7) is 4.66. The minimum absolute atomic E-state index is 0.287. The molecule has 0 aromatic carbocycles. The van der Waals surface area contributed by atoms with Gasteiger partial charge in [0.15, 0.2) is 0 Å². The molecule has 2 aromatic rings. The van der Waals surface area contributed by atoms with E-state index in [1.807, 2.05) is 24.8 Å². The molecule has 0 aliphatic carbocycles. The fraction of sp³-hybridized carbons (Fsp3) is 0.429. The van der Waals surface area contributed by atoms with Crippen LogP contribution in [0.3, 0.4) is 0 Å². The summed E-state index contributed by atoms with van der Waals surface area (Å²) in [5.41, 5.74) is 2.12. The molecular weight excluding hydrogens is 284 g/mol. The van der Waals surface area contributed by atoms with Crippen LogP contribution in [0.1, 0.15) is 21.9 Å². The molecule has 1 aliphatic rings. The summed E-state index contributed by atoms with van der Waals surface area (Å²) < 4.78 is 0. The number of carbonyl (C=O) groups excluding carboxylic acids is 1. The molecule has 116 valence electrons. The molecule has 3 heterocycles. The molecule has 2 aromatic heterocycles. The van der Waals surface area contributed by atoms with Crippen molar-refractivity contribution in [2.24, 2.45) is 0 Å². The highest BCUT2D eigenvalue weighted by Gasteiger charge is 2.34. The van der Waals surface area contributed by atoms with Gasteiger partial charge >= 0.3 is 0 Å². The number of β-amino-alcohol motifs (C(OH)–C–C–N with tert-alkyl or cyclic N) is 1. The van der Waals surface area contributed by atoms with Crippen molar-refractivity contribution in [2.75, 3.05) is 18.0 Å². The number of hydrogen-bond donors (Lipinski definition) is 3. The van der Waals surface area contributed by atoms with Crippen LogP contribution in [0, 0.1) is 13.8 Å². The lowest BCUT2D eigenvalue weighted by Gasteiger charge is -2.17. The van der Waals surface area contributed by atoms with Gasteiger partial charge in [-0.1, -0.05) is 0 Å². The summed E-state index contributed by atoms with van der Waals surface area (Å²) in [6, 6.07) is 1.52. The quantitative estimate of drug-likeness (QED) is 0.724. The molecule has 0 saturated carbocycles.